The summed E-state index contributed by atoms with van der Waals surface area (Å²) in [6, 6.07) is 9.40. The number of hydrogen-bond acceptors (Lipinski definition) is 2. The van der Waals surface area contributed by atoms with Crippen molar-refractivity contribution < 1.29 is 13.9 Å². The molecule has 1 aliphatic heterocycles. The summed E-state index contributed by atoms with van der Waals surface area (Å²) < 4.78 is 20.1. The Morgan fingerprint density at radius 1 is 1.29 bits per heavy atom. The van der Waals surface area contributed by atoms with Crippen LogP contribution in [-0.4, -0.2) is 5.78 Å². The quantitative estimate of drug-likeness (QED) is 0.697. The van der Waals surface area contributed by atoms with E-state index < -0.39 is 11.4 Å². The van der Waals surface area contributed by atoms with Gasteiger partial charge in [-0.25, -0.2) is 4.39 Å². The van der Waals surface area contributed by atoms with Crippen LogP contribution >= 0.6 is 27.5 Å². The highest BCUT2D eigenvalue weighted by Gasteiger charge is 2.39. The molecule has 2 aromatic rings. The van der Waals surface area contributed by atoms with E-state index in [0.29, 0.717) is 10.8 Å². The third-order valence-electron chi connectivity index (χ3n) is 3.58. The maximum absolute atomic E-state index is 13.3. The smallest absolute Gasteiger partial charge is 0.171 e. The number of benzene rings is 2. The van der Waals surface area contributed by atoms with Crippen molar-refractivity contribution in [3.8, 4) is 5.75 Å². The third kappa shape index (κ3) is 2.58. The fourth-order valence-electron chi connectivity index (χ4n) is 2.56. The average Bonchev–Trinajstić information content (AvgIpc) is 2.39. The first-order valence-corrected chi connectivity index (χ1v) is 7.53. The molecule has 2 aromatic carbocycles. The Hall–Kier alpha value is -1.39. The fourth-order valence-corrected chi connectivity index (χ4v) is 3.43. The summed E-state index contributed by atoms with van der Waals surface area (Å²) in [7, 11) is 0. The second-order valence-corrected chi connectivity index (χ2v) is 6.52. The lowest BCUT2D eigenvalue weighted by molar-refractivity contribution is 0.0502. The molecule has 0 aromatic heterocycles. The molecule has 0 N–H and O–H groups in total. The first kappa shape index (κ1) is 14.5. The fraction of sp³-hybridized carbons (Fsp3) is 0.188. The molecule has 0 aliphatic carbocycles. The summed E-state index contributed by atoms with van der Waals surface area (Å²) in [5, 5.41) is 0.519. The van der Waals surface area contributed by atoms with E-state index in [0.717, 1.165) is 10.0 Å². The molecule has 0 radical (unpaired) electrons. The van der Waals surface area contributed by atoms with Crippen LogP contribution in [0, 0.1) is 5.82 Å². The minimum absolute atomic E-state index is 0.116. The van der Waals surface area contributed by atoms with Crippen molar-refractivity contribution >= 4 is 33.3 Å². The molecule has 0 spiro atoms. The number of carbonyl (C=O) groups excluding carboxylic acids is 1. The third-order valence-corrected chi connectivity index (χ3v) is 4.38. The van der Waals surface area contributed by atoms with Crippen molar-refractivity contribution in [1.29, 1.82) is 0 Å². The van der Waals surface area contributed by atoms with E-state index in [1.807, 2.05) is 19.1 Å². The minimum atomic E-state index is -0.861. The summed E-state index contributed by atoms with van der Waals surface area (Å²) in [6.07, 6.45) is 0.116. The van der Waals surface area contributed by atoms with Crippen LogP contribution < -0.4 is 4.74 Å². The van der Waals surface area contributed by atoms with Crippen molar-refractivity contribution in [3.63, 3.8) is 0 Å². The van der Waals surface area contributed by atoms with Gasteiger partial charge >= 0.3 is 0 Å². The van der Waals surface area contributed by atoms with Gasteiger partial charge in [-0.1, -0.05) is 33.6 Å². The number of hydrogen-bond donors (Lipinski definition) is 0. The highest BCUT2D eigenvalue weighted by molar-refractivity contribution is 9.10. The van der Waals surface area contributed by atoms with Crippen molar-refractivity contribution in [1.82, 2.24) is 0 Å². The van der Waals surface area contributed by atoms with Gasteiger partial charge in [0.15, 0.2) is 5.78 Å². The van der Waals surface area contributed by atoms with Gasteiger partial charge in [0.1, 0.15) is 17.2 Å². The van der Waals surface area contributed by atoms with E-state index in [1.165, 1.54) is 18.2 Å². The Bertz CT molecular complexity index is 747. The van der Waals surface area contributed by atoms with Crippen LogP contribution in [0.4, 0.5) is 4.39 Å². The van der Waals surface area contributed by atoms with Gasteiger partial charge < -0.3 is 4.74 Å². The van der Waals surface area contributed by atoms with Crippen LogP contribution in [0.1, 0.15) is 29.3 Å². The Morgan fingerprint density at radius 2 is 2.05 bits per heavy atom. The van der Waals surface area contributed by atoms with E-state index in [1.54, 1.807) is 6.07 Å². The highest BCUT2D eigenvalue weighted by atomic mass is 79.9. The van der Waals surface area contributed by atoms with E-state index in [4.69, 9.17) is 16.3 Å². The van der Waals surface area contributed by atoms with Crippen molar-refractivity contribution in [2.75, 3.05) is 0 Å². The van der Waals surface area contributed by atoms with Crippen molar-refractivity contribution in [3.05, 3.63) is 62.8 Å². The second kappa shape index (κ2) is 5.11. The molecular weight excluding hydrogens is 359 g/mol. The number of ether oxygens (including phenoxy) is 1. The van der Waals surface area contributed by atoms with E-state index >= 15 is 0 Å². The molecule has 1 aliphatic rings. The van der Waals surface area contributed by atoms with Crippen molar-refractivity contribution in [2.45, 2.75) is 18.9 Å². The topological polar surface area (TPSA) is 26.3 Å². The number of halogens is 3. The van der Waals surface area contributed by atoms with Crippen LogP contribution in [0.2, 0.25) is 5.02 Å². The number of Topliss-reactive ketones (excluding diaryl/α,β-unsaturated/α-hetero) is 1. The molecule has 2 nitrogen and oxygen atoms in total. The monoisotopic (exact) mass is 368 g/mol. The summed E-state index contributed by atoms with van der Waals surface area (Å²) in [4.78, 5) is 12.3. The van der Waals surface area contributed by atoms with Crippen LogP contribution in [0.25, 0.3) is 0 Å². The molecule has 1 heterocycles. The van der Waals surface area contributed by atoms with Gasteiger partial charge in [0, 0.05) is 15.1 Å². The molecule has 3 rings (SSSR count). The number of fused-ring (bicyclic) bond motifs is 1. The zero-order valence-electron chi connectivity index (χ0n) is 11.1. The van der Waals surface area contributed by atoms with Gasteiger partial charge in [0.2, 0.25) is 0 Å². The Kier molecular flexibility index (Phi) is 3.54. The van der Waals surface area contributed by atoms with Gasteiger partial charge in [-0.15, -0.1) is 0 Å². The average molecular weight is 370 g/mol. The summed E-state index contributed by atoms with van der Waals surface area (Å²) in [5.41, 5.74) is 0.149. The molecule has 5 heteroatoms. The lowest BCUT2D eigenvalue weighted by Gasteiger charge is -2.35. The number of rotatable bonds is 1. The Balaban J connectivity index is 2.08. The molecule has 1 unspecified atom stereocenters. The predicted molar refractivity (Wildman–Crippen MR) is 82.5 cm³/mol. The number of ketones is 1. The summed E-state index contributed by atoms with van der Waals surface area (Å²) >= 11 is 9.62. The molecule has 0 saturated heterocycles. The SMILES string of the molecule is CC1(c2ccc(Br)cc2Cl)CC(=O)c2cc(F)ccc2O1. The van der Waals surface area contributed by atoms with Gasteiger partial charge in [-0.2, -0.15) is 0 Å². The summed E-state index contributed by atoms with van der Waals surface area (Å²) in [6.45, 7) is 1.81. The van der Waals surface area contributed by atoms with E-state index in [2.05, 4.69) is 15.9 Å². The molecule has 1 atom stereocenters. The lowest BCUT2D eigenvalue weighted by atomic mass is 9.85. The first-order valence-electron chi connectivity index (χ1n) is 6.36. The normalized spacial score (nSPS) is 20.9. The maximum Gasteiger partial charge on any atom is 0.171 e. The first-order chi connectivity index (χ1) is 9.89. The zero-order valence-corrected chi connectivity index (χ0v) is 13.5. The van der Waals surface area contributed by atoms with Gasteiger partial charge in [0.05, 0.1) is 12.0 Å². The van der Waals surface area contributed by atoms with Gasteiger partial charge in [0.25, 0.3) is 0 Å². The summed E-state index contributed by atoms with van der Waals surface area (Å²) in [5.74, 6) is -0.220. The molecule has 21 heavy (non-hydrogen) atoms. The second-order valence-electron chi connectivity index (χ2n) is 5.20. The number of carbonyl (C=O) groups is 1. The van der Waals surface area contributed by atoms with Crippen LogP contribution in [0.3, 0.4) is 0 Å². The molecule has 0 bridgehead atoms. The largest absolute Gasteiger partial charge is 0.482 e. The van der Waals surface area contributed by atoms with E-state index in [-0.39, 0.29) is 17.8 Å². The van der Waals surface area contributed by atoms with Crippen LogP contribution in [-0.2, 0) is 5.60 Å². The molecule has 0 fully saturated rings. The van der Waals surface area contributed by atoms with Crippen LogP contribution in [0.5, 0.6) is 5.75 Å². The maximum atomic E-state index is 13.3. The molecule has 0 saturated carbocycles. The van der Waals surface area contributed by atoms with E-state index in [9.17, 15) is 9.18 Å². The minimum Gasteiger partial charge on any atom is -0.482 e. The van der Waals surface area contributed by atoms with Crippen LogP contribution in [0.15, 0.2) is 40.9 Å². The molecule has 0 amide bonds. The zero-order chi connectivity index (χ0) is 15.2. The van der Waals surface area contributed by atoms with Crippen molar-refractivity contribution in [2.24, 2.45) is 0 Å². The molecular formula is C16H11BrClFO2. The lowest BCUT2D eigenvalue weighted by Crippen LogP contribution is -2.37. The predicted octanol–water partition coefficient (Wildman–Crippen LogP) is 5.12. The van der Waals surface area contributed by atoms with Gasteiger partial charge in [-0.05, 0) is 37.3 Å². The molecule has 108 valence electrons. The highest BCUT2D eigenvalue weighted by Crippen LogP contribution is 2.42. The Morgan fingerprint density at radius 3 is 2.76 bits per heavy atom. The van der Waals surface area contributed by atoms with Gasteiger partial charge in [-0.3, -0.25) is 4.79 Å². The Labute approximate surface area is 135 Å². The standard InChI is InChI=1S/C16H11BrClFO2/c1-16(12-4-2-9(17)6-13(12)18)8-14(20)11-7-10(19)3-5-15(11)21-16/h2-7H,8H2,1H3.